The van der Waals surface area contributed by atoms with Gasteiger partial charge in [0.2, 0.25) is 5.82 Å². The van der Waals surface area contributed by atoms with Crippen LogP contribution in [0.1, 0.15) is 28.8 Å². The molecule has 6 nitrogen and oxygen atoms in total. The van der Waals surface area contributed by atoms with Crippen molar-refractivity contribution >= 4 is 17.3 Å². The van der Waals surface area contributed by atoms with Crippen molar-refractivity contribution in [2.75, 3.05) is 30.4 Å². The molecule has 1 N–H and O–H groups in total. The van der Waals surface area contributed by atoms with E-state index in [1.807, 2.05) is 11.0 Å². The molecule has 1 saturated heterocycles. The Morgan fingerprint density at radius 1 is 1.03 bits per heavy atom. The van der Waals surface area contributed by atoms with Crippen molar-refractivity contribution in [2.24, 2.45) is 0 Å². The lowest BCUT2D eigenvalue weighted by molar-refractivity contribution is 0.102. The maximum Gasteiger partial charge on any atom is 0.259 e. The van der Waals surface area contributed by atoms with E-state index in [-0.39, 0.29) is 23.0 Å². The van der Waals surface area contributed by atoms with Gasteiger partial charge in [-0.05, 0) is 42.5 Å². The molecule has 3 aromatic rings. The van der Waals surface area contributed by atoms with Crippen LogP contribution >= 0.6 is 0 Å². The second kappa shape index (κ2) is 10.6. The number of hydrogen-bond acceptors (Lipinski definition) is 5. The van der Waals surface area contributed by atoms with E-state index in [4.69, 9.17) is 9.47 Å². The third-order valence-corrected chi connectivity index (χ3v) is 5.84. The molecule has 10 heteroatoms. The molecule has 0 saturated carbocycles. The number of amides is 1. The first-order chi connectivity index (χ1) is 17.3. The SMILES string of the molecule is COc1c(C(=O)Nc2cc(C#N)ccc2N2CCC(Oc3ccc(F)cc3F)CC2)ccc(F)c1F. The highest BCUT2D eigenvalue weighted by molar-refractivity contribution is 6.07. The van der Waals surface area contributed by atoms with Gasteiger partial charge in [-0.2, -0.15) is 9.65 Å². The van der Waals surface area contributed by atoms with E-state index >= 15 is 0 Å². The number of halogens is 4. The van der Waals surface area contributed by atoms with E-state index in [1.54, 1.807) is 12.1 Å². The lowest BCUT2D eigenvalue weighted by atomic mass is 10.0. The number of piperidine rings is 1. The van der Waals surface area contributed by atoms with Crippen molar-refractivity contribution in [3.05, 3.63) is 82.9 Å². The fourth-order valence-corrected chi connectivity index (χ4v) is 4.05. The van der Waals surface area contributed by atoms with E-state index < -0.39 is 34.9 Å². The third-order valence-electron chi connectivity index (χ3n) is 5.84. The van der Waals surface area contributed by atoms with Crippen LogP contribution in [0.15, 0.2) is 48.5 Å². The zero-order valence-corrected chi connectivity index (χ0v) is 19.2. The van der Waals surface area contributed by atoms with E-state index in [0.29, 0.717) is 37.3 Å². The highest BCUT2D eigenvalue weighted by Gasteiger charge is 2.25. The van der Waals surface area contributed by atoms with Gasteiger partial charge in [0.05, 0.1) is 35.7 Å². The first-order valence-electron chi connectivity index (χ1n) is 11.0. The minimum Gasteiger partial charge on any atom is -0.493 e. The summed E-state index contributed by atoms with van der Waals surface area (Å²) in [6.07, 6.45) is 0.728. The molecule has 1 aliphatic heterocycles. The van der Waals surface area contributed by atoms with E-state index in [2.05, 4.69) is 5.32 Å². The number of hydrogen-bond donors (Lipinski definition) is 1. The average molecular weight is 499 g/mol. The van der Waals surface area contributed by atoms with Gasteiger partial charge in [0.25, 0.3) is 5.91 Å². The minimum absolute atomic E-state index is 0.0262. The lowest BCUT2D eigenvalue weighted by Gasteiger charge is -2.35. The van der Waals surface area contributed by atoms with E-state index in [0.717, 1.165) is 31.4 Å². The van der Waals surface area contributed by atoms with Gasteiger partial charge >= 0.3 is 0 Å². The predicted molar refractivity (Wildman–Crippen MR) is 124 cm³/mol. The fourth-order valence-electron chi connectivity index (χ4n) is 4.05. The van der Waals surface area contributed by atoms with Crippen LogP contribution in [0.3, 0.4) is 0 Å². The van der Waals surface area contributed by atoms with E-state index in [1.165, 1.54) is 12.1 Å². The van der Waals surface area contributed by atoms with Gasteiger partial charge in [-0.3, -0.25) is 4.79 Å². The molecule has 0 radical (unpaired) electrons. The summed E-state index contributed by atoms with van der Waals surface area (Å²) in [5.41, 5.74) is 0.986. The number of nitrogens with zero attached hydrogens (tertiary/aromatic N) is 2. The largest absolute Gasteiger partial charge is 0.493 e. The number of nitrogens with one attached hydrogen (secondary N) is 1. The molecule has 36 heavy (non-hydrogen) atoms. The van der Waals surface area contributed by atoms with Crippen molar-refractivity contribution < 1.29 is 31.8 Å². The van der Waals surface area contributed by atoms with Crippen LogP contribution in [0.25, 0.3) is 0 Å². The zero-order valence-electron chi connectivity index (χ0n) is 19.2. The molecule has 3 aromatic carbocycles. The summed E-state index contributed by atoms with van der Waals surface area (Å²) in [6.45, 7) is 0.966. The molecule has 1 aliphatic rings. The van der Waals surface area contributed by atoms with Crippen molar-refractivity contribution in [1.29, 1.82) is 5.26 Å². The normalized spacial score (nSPS) is 13.7. The lowest BCUT2D eigenvalue weighted by Crippen LogP contribution is -2.38. The maximum absolute atomic E-state index is 14.1. The van der Waals surface area contributed by atoms with Crippen LogP contribution in [-0.4, -0.2) is 32.2 Å². The Balaban J connectivity index is 1.52. The molecule has 0 aliphatic carbocycles. The Labute approximate surface area is 204 Å². The van der Waals surface area contributed by atoms with Crippen LogP contribution in [0.2, 0.25) is 0 Å². The highest BCUT2D eigenvalue weighted by atomic mass is 19.2. The molecular formula is C26H21F4N3O3. The monoisotopic (exact) mass is 499 g/mol. The van der Waals surface area contributed by atoms with Gasteiger partial charge in [-0.1, -0.05) is 0 Å². The summed E-state index contributed by atoms with van der Waals surface area (Å²) in [5.74, 6) is -5.20. The quantitative estimate of drug-likeness (QED) is 0.459. The number of rotatable bonds is 6. The number of nitriles is 1. The predicted octanol–water partition coefficient (Wildman–Crippen LogP) is 5.42. The average Bonchev–Trinajstić information content (AvgIpc) is 2.87. The zero-order chi connectivity index (χ0) is 25.8. The Kier molecular flexibility index (Phi) is 7.29. The number of ether oxygens (including phenoxy) is 2. The molecule has 0 unspecified atom stereocenters. The summed E-state index contributed by atoms with van der Waals surface area (Å²) < 4.78 is 65.3. The fraction of sp³-hybridized carbons (Fsp3) is 0.231. The molecule has 186 valence electrons. The van der Waals surface area contributed by atoms with Crippen LogP contribution in [0, 0.1) is 34.6 Å². The van der Waals surface area contributed by atoms with Gasteiger partial charge in [-0.25, -0.2) is 13.2 Å². The molecule has 0 bridgehead atoms. The van der Waals surface area contributed by atoms with Crippen LogP contribution < -0.4 is 19.7 Å². The van der Waals surface area contributed by atoms with Gasteiger partial charge in [0, 0.05) is 32.0 Å². The smallest absolute Gasteiger partial charge is 0.259 e. The Morgan fingerprint density at radius 3 is 2.44 bits per heavy atom. The Hall–Kier alpha value is -4.26. The number of carbonyl (C=O) groups excluding carboxylic acids is 1. The van der Waals surface area contributed by atoms with Crippen LogP contribution in [-0.2, 0) is 0 Å². The van der Waals surface area contributed by atoms with Crippen molar-refractivity contribution in [3.8, 4) is 17.6 Å². The summed E-state index contributed by atoms with van der Waals surface area (Å²) in [4.78, 5) is 14.9. The van der Waals surface area contributed by atoms with Crippen LogP contribution in [0.4, 0.5) is 28.9 Å². The number of carbonyl (C=O) groups is 1. The Bertz CT molecular complexity index is 1330. The van der Waals surface area contributed by atoms with Gasteiger partial charge in [-0.15, -0.1) is 0 Å². The number of anilines is 2. The summed E-state index contributed by atoms with van der Waals surface area (Å²) in [5, 5.41) is 12.0. The molecule has 1 amide bonds. The third kappa shape index (κ3) is 5.20. The number of benzene rings is 3. The van der Waals surface area contributed by atoms with Crippen molar-refractivity contribution in [3.63, 3.8) is 0 Å². The summed E-state index contributed by atoms with van der Waals surface area (Å²) in [6, 6.07) is 11.8. The van der Waals surface area contributed by atoms with E-state index in [9.17, 15) is 27.6 Å². The van der Waals surface area contributed by atoms with Crippen molar-refractivity contribution in [2.45, 2.75) is 18.9 Å². The Morgan fingerprint density at radius 2 is 1.78 bits per heavy atom. The number of methoxy groups -OCH3 is 1. The van der Waals surface area contributed by atoms with Crippen LogP contribution in [0.5, 0.6) is 11.5 Å². The van der Waals surface area contributed by atoms with Gasteiger partial charge in [0.1, 0.15) is 11.9 Å². The second-order valence-corrected chi connectivity index (χ2v) is 8.12. The molecule has 4 rings (SSSR count). The van der Waals surface area contributed by atoms with Gasteiger partial charge in [0.15, 0.2) is 23.1 Å². The summed E-state index contributed by atoms with van der Waals surface area (Å²) >= 11 is 0. The first-order valence-corrected chi connectivity index (χ1v) is 11.0. The maximum atomic E-state index is 14.1. The summed E-state index contributed by atoms with van der Waals surface area (Å²) in [7, 11) is 1.13. The molecule has 1 heterocycles. The molecule has 1 fully saturated rings. The first kappa shape index (κ1) is 24.9. The van der Waals surface area contributed by atoms with Crippen molar-refractivity contribution in [1.82, 2.24) is 0 Å². The molecule has 0 atom stereocenters. The molecular weight excluding hydrogens is 478 g/mol. The molecule has 0 spiro atoms. The minimum atomic E-state index is -1.28. The van der Waals surface area contributed by atoms with Gasteiger partial charge < -0.3 is 19.7 Å². The second-order valence-electron chi connectivity index (χ2n) is 8.12. The topological polar surface area (TPSA) is 74.6 Å². The highest BCUT2D eigenvalue weighted by Crippen LogP contribution is 2.33. The molecule has 0 aromatic heterocycles. The standard InChI is InChI=1S/C26H21F4N3O3/c1-35-25-18(4-5-19(28)24(25)30)26(34)32-21-12-15(14-31)2-6-22(21)33-10-8-17(9-11-33)36-23-7-3-16(27)13-20(23)29/h2-7,12-13,17H,8-11H2,1H3,(H,32,34).